The number of likely N-dealkylation sites (tertiary alicyclic amines) is 1. The Hall–Kier alpha value is -2.47. The molecule has 0 spiro atoms. The van der Waals surface area contributed by atoms with Crippen LogP contribution in [0.2, 0.25) is 5.02 Å². The van der Waals surface area contributed by atoms with Crippen LogP contribution in [0, 0.1) is 5.92 Å². The maximum Gasteiger partial charge on any atom is 0.229 e. The van der Waals surface area contributed by atoms with Crippen molar-refractivity contribution in [1.82, 2.24) is 4.90 Å². The highest BCUT2D eigenvalue weighted by atomic mass is 35.5. The zero-order valence-corrected chi connectivity index (χ0v) is 13.9. The molecule has 2 aromatic rings. The molecule has 0 saturated carbocycles. The summed E-state index contributed by atoms with van der Waals surface area (Å²) < 4.78 is 10.3. The van der Waals surface area contributed by atoms with E-state index in [1.807, 2.05) is 0 Å². The summed E-state index contributed by atoms with van der Waals surface area (Å²) in [5.41, 5.74) is 0.572. The molecule has 7 heteroatoms. The number of hydrogen-bond acceptors (Lipinski definition) is 4. The van der Waals surface area contributed by atoms with Gasteiger partial charge in [-0.15, -0.1) is 0 Å². The molecular formula is C17H17ClN2O4. The van der Waals surface area contributed by atoms with Crippen LogP contribution in [0.1, 0.15) is 12.2 Å². The molecule has 0 bridgehead atoms. The number of anilines is 1. The maximum atomic E-state index is 12.4. The lowest BCUT2D eigenvalue weighted by molar-refractivity contribution is -0.128. The van der Waals surface area contributed by atoms with Crippen molar-refractivity contribution in [2.24, 2.45) is 5.92 Å². The molecule has 1 atom stereocenters. The zero-order chi connectivity index (χ0) is 17.1. The minimum atomic E-state index is -0.395. The second-order valence-electron chi connectivity index (χ2n) is 5.59. The van der Waals surface area contributed by atoms with E-state index in [1.165, 1.54) is 7.11 Å². The lowest BCUT2D eigenvalue weighted by atomic mass is 10.1. The summed E-state index contributed by atoms with van der Waals surface area (Å²) in [4.78, 5) is 26.1. The Kier molecular flexibility index (Phi) is 4.76. The van der Waals surface area contributed by atoms with Gasteiger partial charge in [-0.3, -0.25) is 9.59 Å². The van der Waals surface area contributed by atoms with Crippen LogP contribution in [0.5, 0.6) is 5.75 Å². The summed E-state index contributed by atoms with van der Waals surface area (Å²) in [6, 6.07) is 8.59. The number of methoxy groups -OCH3 is 1. The maximum absolute atomic E-state index is 12.4. The van der Waals surface area contributed by atoms with E-state index in [0.29, 0.717) is 35.3 Å². The first-order valence-electron chi connectivity index (χ1n) is 7.51. The Balaban J connectivity index is 1.61. The third-order valence-corrected chi connectivity index (χ3v) is 4.23. The Bertz CT molecular complexity index is 745. The summed E-state index contributed by atoms with van der Waals surface area (Å²) in [7, 11) is 1.53. The van der Waals surface area contributed by atoms with Gasteiger partial charge in [0.1, 0.15) is 11.5 Å². The molecule has 1 fully saturated rings. The molecule has 2 heterocycles. The van der Waals surface area contributed by atoms with Crippen LogP contribution in [-0.4, -0.2) is 30.4 Å². The summed E-state index contributed by atoms with van der Waals surface area (Å²) >= 11 is 6.05. The number of hydrogen-bond donors (Lipinski definition) is 1. The first-order valence-corrected chi connectivity index (χ1v) is 7.89. The smallest absolute Gasteiger partial charge is 0.229 e. The third-order valence-electron chi connectivity index (χ3n) is 3.93. The summed E-state index contributed by atoms with van der Waals surface area (Å²) in [6.07, 6.45) is 1.75. The van der Waals surface area contributed by atoms with Crippen LogP contribution in [0.4, 0.5) is 5.69 Å². The predicted molar refractivity (Wildman–Crippen MR) is 88.9 cm³/mol. The highest BCUT2D eigenvalue weighted by Crippen LogP contribution is 2.28. The van der Waals surface area contributed by atoms with Gasteiger partial charge in [-0.05, 0) is 30.3 Å². The van der Waals surface area contributed by atoms with Gasteiger partial charge in [0.25, 0.3) is 0 Å². The van der Waals surface area contributed by atoms with E-state index in [4.69, 9.17) is 20.8 Å². The van der Waals surface area contributed by atoms with Crippen molar-refractivity contribution in [3.63, 3.8) is 0 Å². The molecule has 0 aliphatic carbocycles. The van der Waals surface area contributed by atoms with Gasteiger partial charge in [0, 0.05) is 18.7 Å². The largest absolute Gasteiger partial charge is 0.495 e. The molecule has 1 saturated heterocycles. The molecule has 3 rings (SSSR count). The average molecular weight is 349 g/mol. The summed E-state index contributed by atoms with van der Waals surface area (Å²) in [6.45, 7) is 0.749. The van der Waals surface area contributed by atoms with Crippen LogP contribution < -0.4 is 10.1 Å². The molecular weight excluding hydrogens is 332 g/mol. The third kappa shape index (κ3) is 3.54. The Morgan fingerprint density at radius 2 is 2.29 bits per heavy atom. The molecule has 6 nitrogen and oxygen atoms in total. The van der Waals surface area contributed by atoms with E-state index in [0.717, 1.165) is 0 Å². The van der Waals surface area contributed by atoms with Crippen molar-refractivity contribution in [2.75, 3.05) is 19.0 Å². The number of amides is 2. The van der Waals surface area contributed by atoms with E-state index in [1.54, 1.807) is 41.5 Å². The quantitative estimate of drug-likeness (QED) is 0.901. The van der Waals surface area contributed by atoms with E-state index >= 15 is 0 Å². The minimum absolute atomic E-state index is 0.0562. The standard InChI is InChI=1S/C17H17ClN2O4/c1-23-15-5-4-12(8-14(15)18)19-17(22)11-7-16(21)20(9-11)10-13-3-2-6-24-13/h2-6,8,11H,7,9-10H2,1H3,(H,19,22)/t11-/m1/s1. The first kappa shape index (κ1) is 16.4. The van der Waals surface area contributed by atoms with Crippen molar-refractivity contribution in [3.05, 3.63) is 47.4 Å². The Morgan fingerprint density at radius 3 is 2.96 bits per heavy atom. The number of benzene rings is 1. The first-order chi connectivity index (χ1) is 11.6. The van der Waals surface area contributed by atoms with Gasteiger partial charge in [-0.25, -0.2) is 0 Å². The van der Waals surface area contributed by atoms with Crippen molar-refractivity contribution >= 4 is 29.1 Å². The highest BCUT2D eigenvalue weighted by Gasteiger charge is 2.34. The van der Waals surface area contributed by atoms with Gasteiger partial charge in [-0.1, -0.05) is 11.6 Å². The number of halogens is 1. The fraction of sp³-hybridized carbons (Fsp3) is 0.294. The second-order valence-corrected chi connectivity index (χ2v) is 6.00. The monoisotopic (exact) mass is 348 g/mol. The van der Waals surface area contributed by atoms with E-state index in [9.17, 15) is 9.59 Å². The van der Waals surface area contributed by atoms with Crippen LogP contribution >= 0.6 is 11.6 Å². The normalized spacial score (nSPS) is 17.2. The molecule has 0 radical (unpaired) electrons. The van der Waals surface area contributed by atoms with Gasteiger partial charge in [0.2, 0.25) is 11.8 Å². The number of rotatable bonds is 5. The SMILES string of the molecule is COc1ccc(NC(=O)[C@@H]2CC(=O)N(Cc3ccco3)C2)cc1Cl. The molecule has 1 aromatic carbocycles. The van der Waals surface area contributed by atoms with Gasteiger partial charge < -0.3 is 19.4 Å². The van der Waals surface area contributed by atoms with Gasteiger partial charge in [0.05, 0.1) is 30.9 Å². The number of ether oxygens (including phenoxy) is 1. The topological polar surface area (TPSA) is 71.8 Å². The van der Waals surface area contributed by atoms with Crippen LogP contribution in [0.15, 0.2) is 41.0 Å². The molecule has 1 N–H and O–H groups in total. The van der Waals surface area contributed by atoms with Gasteiger partial charge in [0.15, 0.2) is 0 Å². The lowest BCUT2D eigenvalue weighted by Gasteiger charge is -2.15. The average Bonchev–Trinajstić information content (AvgIpc) is 3.18. The molecule has 126 valence electrons. The van der Waals surface area contributed by atoms with Crippen molar-refractivity contribution in [1.29, 1.82) is 0 Å². The van der Waals surface area contributed by atoms with Crippen molar-refractivity contribution < 1.29 is 18.7 Å². The van der Waals surface area contributed by atoms with Crippen LogP contribution in [-0.2, 0) is 16.1 Å². The van der Waals surface area contributed by atoms with Crippen molar-refractivity contribution in [2.45, 2.75) is 13.0 Å². The molecule has 1 aromatic heterocycles. The zero-order valence-electron chi connectivity index (χ0n) is 13.1. The minimum Gasteiger partial charge on any atom is -0.495 e. The van der Waals surface area contributed by atoms with Gasteiger partial charge >= 0.3 is 0 Å². The van der Waals surface area contributed by atoms with E-state index < -0.39 is 5.92 Å². The number of nitrogens with one attached hydrogen (secondary N) is 1. The Labute approximate surface area is 144 Å². The second kappa shape index (κ2) is 6.97. The summed E-state index contributed by atoms with van der Waals surface area (Å²) in [5.74, 6) is 0.584. The molecule has 2 amide bonds. The molecule has 1 aliphatic rings. The summed E-state index contributed by atoms with van der Waals surface area (Å²) in [5, 5.41) is 3.21. The molecule has 24 heavy (non-hydrogen) atoms. The number of furan rings is 1. The van der Waals surface area contributed by atoms with E-state index in [2.05, 4.69) is 5.32 Å². The molecule has 0 unspecified atom stereocenters. The molecule has 1 aliphatic heterocycles. The van der Waals surface area contributed by atoms with Crippen LogP contribution in [0.3, 0.4) is 0 Å². The number of carbonyl (C=O) groups is 2. The van der Waals surface area contributed by atoms with E-state index in [-0.39, 0.29) is 18.2 Å². The number of nitrogens with zero attached hydrogens (tertiary/aromatic N) is 1. The number of carbonyl (C=O) groups excluding carboxylic acids is 2. The van der Waals surface area contributed by atoms with Crippen LogP contribution in [0.25, 0.3) is 0 Å². The Morgan fingerprint density at radius 1 is 1.46 bits per heavy atom. The van der Waals surface area contributed by atoms with Gasteiger partial charge in [-0.2, -0.15) is 0 Å². The fourth-order valence-corrected chi connectivity index (χ4v) is 2.94. The predicted octanol–water partition coefficient (Wildman–Crippen LogP) is 2.93. The van der Waals surface area contributed by atoms with Crippen molar-refractivity contribution in [3.8, 4) is 5.75 Å². The fourth-order valence-electron chi connectivity index (χ4n) is 2.68. The highest BCUT2D eigenvalue weighted by molar-refractivity contribution is 6.32. The lowest BCUT2D eigenvalue weighted by Crippen LogP contribution is -2.27.